The molecule has 183 valence electrons. The Hall–Kier alpha value is -0.241. The molecule has 1 aliphatic rings. The van der Waals surface area contributed by atoms with Gasteiger partial charge in [0.1, 0.15) is 0 Å². The summed E-state index contributed by atoms with van der Waals surface area (Å²) in [6.45, 7) is 7.19. The Labute approximate surface area is 181 Å². The molecule has 0 bridgehead atoms. The van der Waals surface area contributed by atoms with Crippen LogP contribution in [0.1, 0.15) is 0 Å². The zero-order valence-electron chi connectivity index (χ0n) is 16.0. The molecule has 0 saturated carbocycles. The van der Waals surface area contributed by atoms with E-state index in [2.05, 4.69) is 35.8 Å². The van der Waals surface area contributed by atoms with Gasteiger partial charge in [0.2, 0.25) is 0 Å². The zero-order chi connectivity index (χ0) is 23.0. The predicted molar refractivity (Wildman–Crippen MR) is 88.9 cm³/mol. The molecule has 0 spiro atoms. The molecular weight excluding hydrogens is 520 g/mol. The quantitative estimate of drug-likeness (QED) is 0.122. The summed E-state index contributed by atoms with van der Waals surface area (Å²) < 4.78 is 118. The van der Waals surface area contributed by atoms with Crippen LogP contribution in [0.5, 0.6) is 0 Å². The van der Waals surface area contributed by atoms with Crippen LogP contribution in [0.4, 0.5) is 26.3 Å². The molecule has 10 nitrogen and oxygen atoms in total. The smallest absolute Gasteiger partial charge is 0.741 e. The Bertz CT molecular complexity index is 583. The second-order valence-electron chi connectivity index (χ2n) is 5.71. The van der Waals surface area contributed by atoms with Gasteiger partial charge in [-0.15, -0.1) is 0 Å². The minimum absolute atomic E-state index is 0. The van der Waals surface area contributed by atoms with E-state index in [4.69, 9.17) is 25.9 Å². The molecule has 30 heavy (non-hydrogen) atoms. The summed E-state index contributed by atoms with van der Waals surface area (Å²) in [6, 6.07) is 0. The molecule has 3 N–H and O–H groups in total. The van der Waals surface area contributed by atoms with Crippen LogP contribution in [-0.4, -0.2) is 112 Å². The first-order valence-corrected chi connectivity index (χ1v) is 10.1. The summed E-state index contributed by atoms with van der Waals surface area (Å²) in [4.78, 5) is 7.20. The Morgan fingerprint density at radius 3 is 0.767 bits per heavy atom. The van der Waals surface area contributed by atoms with Crippen molar-refractivity contribution < 1.29 is 74.8 Å². The number of alkyl halides is 6. The van der Waals surface area contributed by atoms with E-state index in [1.54, 1.807) is 0 Å². The number of nitrogens with zero attached hydrogens (tertiary/aromatic N) is 3. The van der Waals surface area contributed by atoms with Crippen LogP contribution in [-0.2, 0) is 42.8 Å². The van der Waals surface area contributed by atoms with Crippen LogP contribution in [0.3, 0.4) is 0 Å². The molecule has 1 rings (SSSR count). The van der Waals surface area contributed by atoms with Crippen LogP contribution in [0.15, 0.2) is 0 Å². The maximum atomic E-state index is 10.7. The van der Waals surface area contributed by atoms with Crippen molar-refractivity contribution in [2.45, 2.75) is 11.0 Å². The maximum absolute atomic E-state index is 10.7. The van der Waals surface area contributed by atoms with E-state index in [1.807, 2.05) is 0 Å². The summed E-state index contributed by atoms with van der Waals surface area (Å²) in [5, 5.41) is 0. The molecule has 0 aromatic heterocycles. The Morgan fingerprint density at radius 2 is 0.700 bits per heavy atom. The van der Waals surface area contributed by atoms with Gasteiger partial charge in [-0.3, -0.25) is 0 Å². The van der Waals surface area contributed by atoms with Gasteiger partial charge in [0.05, 0.1) is 0 Å². The first kappa shape index (κ1) is 37.1. The average Bonchev–Trinajstić information content (AvgIpc) is 2.51. The van der Waals surface area contributed by atoms with E-state index in [-0.39, 0.29) is 22.5 Å². The Morgan fingerprint density at radius 1 is 0.600 bits per heavy atom. The van der Waals surface area contributed by atoms with Crippen molar-refractivity contribution in [2.75, 3.05) is 60.4 Å². The zero-order valence-corrected chi connectivity index (χ0v) is 18.8. The van der Waals surface area contributed by atoms with E-state index in [9.17, 15) is 26.3 Å². The first-order chi connectivity index (χ1) is 12.2. The van der Waals surface area contributed by atoms with Gasteiger partial charge in [-0.25, -0.2) is 16.8 Å². The molecule has 0 unspecified atom stereocenters. The van der Waals surface area contributed by atoms with Gasteiger partial charge in [0.25, 0.3) is 0 Å². The van der Waals surface area contributed by atoms with E-state index < -0.39 is 31.3 Å². The Balaban J connectivity index is -0.000000169. The fourth-order valence-electron chi connectivity index (χ4n) is 1.36. The second-order valence-corrected chi connectivity index (χ2v) is 8.45. The molecule has 19 heteroatoms. The predicted octanol–water partition coefficient (Wildman–Crippen LogP) is -1.03. The molecule has 1 aliphatic heterocycles. The van der Waals surface area contributed by atoms with Gasteiger partial charge in [-0.05, 0) is 21.1 Å². The topological polar surface area (TPSA) is 157 Å². The van der Waals surface area contributed by atoms with Gasteiger partial charge in [0, 0.05) is 39.3 Å². The largest absolute Gasteiger partial charge is 5.00 e. The molecule has 1 fully saturated rings. The van der Waals surface area contributed by atoms with Crippen LogP contribution >= 0.6 is 0 Å². The molecular formula is C11H24F6FeN3O7S2+4. The van der Waals surface area contributed by atoms with E-state index in [0.29, 0.717) is 0 Å². The van der Waals surface area contributed by atoms with E-state index >= 15 is 0 Å². The van der Waals surface area contributed by atoms with Gasteiger partial charge in [-0.1, -0.05) is 0 Å². The minimum Gasteiger partial charge on any atom is -0.741 e. The standard InChI is InChI=1S/C9H21N3.2CHF3O3S.Fe.H2O/c1-10-4-6-11(2)8-9-12(3)7-5-10;2*2-1(3,4)8(5,6)7;;/h4-9H2,1-3H3;2*(H,5,6,7);;1H2/q;;;+5;/p-1. The Kier molecular flexibility index (Phi) is 18.2. The molecule has 1 heterocycles. The van der Waals surface area contributed by atoms with Crippen molar-refractivity contribution in [2.24, 2.45) is 0 Å². The van der Waals surface area contributed by atoms with Crippen LogP contribution in [0.2, 0.25) is 0 Å². The fraction of sp³-hybridized carbons (Fsp3) is 1.00. The summed E-state index contributed by atoms with van der Waals surface area (Å²) in [5.74, 6) is 0. The number of halogens is 6. The van der Waals surface area contributed by atoms with Crippen molar-refractivity contribution in [3.8, 4) is 0 Å². The van der Waals surface area contributed by atoms with Crippen LogP contribution < -0.4 is 0 Å². The van der Waals surface area contributed by atoms with Crippen molar-refractivity contribution in [3.63, 3.8) is 0 Å². The molecule has 1 radical (unpaired) electrons. The maximum Gasteiger partial charge on any atom is 5.00 e. The van der Waals surface area contributed by atoms with Crippen molar-refractivity contribution >= 4 is 20.2 Å². The third-order valence-corrected chi connectivity index (χ3v) is 4.29. The molecule has 0 aromatic rings. The molecule has 0 aliphatic carbocycles. The second kappa shape index (κ2) is 14.8. The third kappa shape index (κ3) is 18.5. The number of likely N-dealkylation sites (N-methyl/N-ethyl adjacent to an activating group) is 3. The normalized spacial score (nSPS) is 18.0. The molecule has 0 amide bonds. The summed E-state index contributed by atoms with van der Waals surface area (Å²) in [6.07, 6.45) is 0. The average molecular weight is 544 g/mol. The molecule has 0 atom stereocenters. The van der Waals surface area contributed by atoms with Crippen LogP contribution in [0.25, 0.3) is 0 Å². The van der Waals surface area contributed by atoms with Crippen LogP contribution in [0, 0.1) is 0 Å². The first-order valence-electron chi connectivity index (χ1n) is 7.28. The van der Waals surface area contributed by atoms with Crippen molar-refractivity contribution in [3.05, 3.63) is 0 Å². The SMILES string of the molecule is CN1CCN(C)CCN(C)CC1.O=S(=O)([O-])C(F)(F)F.O=S(=O)([O-])C(F)(F)F.[Fe+5].[OH3+]. The van der Waals surface area contributed by atoms with Gasteiger partial charge in [0.15, 0.2) is 20.2 Å². The fourth-order valence-corrected chi connectivity index (χ4v) is 1.36. The summed E-state index contributed by atoms with van der Waals surface area (Å²) >= 11 is 0. The number of rotatable bonds is 0. The monoisotopic (exact) mass is 544 g/mol. The van der Waals surface area contributed by atoms with Gasteiger partial charge in [-0.2, -0.15) is 26.3 Å². The number of hydrogen-bond donors (Lipinski definition) is 0. The van der Waals surface area contributed by atoms with Gasteiger partial charge < -0.3 is 29.3 Å². The third-order valence-electron chi connectivity index (χ3n) is 3.16. The number of hydrogen-bond acceptors (Lipinski definition) is 9. The molecule has 0 aromatic carbocycles. The molecule has 1 saturated heterocycles. The summed E-state index contributed by atoms with van der Waals surface area (Å²) in [5.41, 5.74) is -11.3. The van der Waals surface area contributed by atoms with Gasteiger partial charge >= 0.3 is 28.1 Å². The minimum atomic E-state index is -6.09. The van der Waals surface area contributed by atoms with Crippen molar-refractivity contribution in [1.29, 1.82) is 0 Å². The van der Waals surface area contributed by atoms with E-state index in [0.717, 1.165) is 0 Å². The van der Waals surface area contributed by atoms with E-state index in [1.165, 1.54) is 39.3 Å². The van der Waals surface area contributed by atoms with Crippen molar-refractivity contribution in [1.82, 2.24) is 14.7 Å². The summed E-state index contributed by atoms with van der Waals surface area (Å²) in [7, 11) is -5.58.